The predicted octanol–water partition coefficient (Wildman–Crippen LogP) is 7.87. The molecular formula is C26H42O2. The summed E-state index contributed by atoms with van der Waals surface area (Å²) in [6.07, 6.45) is 2.20. The van der Waals surface area contributed by atoms with Gasteiger partial charge in [0.25, 0.3) is 0 Å². The number of rotatable bonds is 9. The second-order valence-corrected chi connectivity index (χ2v) is 6.49. The van der Waals surface area contributed by atoms with Crippen LogP contribution in [-0.2, 0) is 0 Å². The Kier molecular flexibility index (Phi) is 14.9. The molecule has 0 aromatic heterocycles. The van der Waals surface area contributed by atoms with Crippen molar-refractivity contribution in [2.75, 3.05) is 13.2 Å². The van der Waals surface area contributed by atoms with Crippen molar-refractivity contribution in [3.05, 3.63) is 59.7 Å². The fourth-order valence-corrected chi connectivity index (χ4v) is 3.00. The largest absolute Gasteiger partial charge is 0.493 e. The summed E-state index contributed by atoms with van der Waals surface area (Å²) in [5.41, 5.74) is 2.38. The minimum Gasteiger partial charge on any atom is -0.493 e. The van der Waals surface area contributed by atoms with E-state index in [-0.39, 0.29) is 0 Å². The lowest BCUT2D eigenvalue weighted by Crippen LogP contribution is -2.26. The van der Waals surface area contributed by atoms with Crippen LogP contribution in [0.25, 0.3) is 0 Å². The maximum atomic E-state index is 6.09. The molecule has 0 unspecified atom stereocenters. The van der Waals surface area contributed by atoms with Gasteiger partial charge in [-0.1, -0.05) is 77.9 Å². The van der Waals surface area contributed by atoms with Gasteiger partial charge in [0.05, 0.1) is 13.2 Å². The Bertz CT molecular complexity index is 566. The quantitative estimate of drug-likeness (QED) is 0.436. The van der Waals surface area contributed by atoms with Crippen molar-refractivity contribution in [3.8, 4) is 11.5 Å². The molecule has 0 aliphatic heterocycles. The van der Waals surface area contributed by atoms with E-state index in [9.17, 15) is 0 Å². The Balaban J connectivity index is 0.00000171. The first kappa shape index (κ1) is 26.0. The zero-order valence-electron chi connectivity index (χ0n) is 19.4. The van der Waals surface area contributed by atoms with Gasteiger partial charge in [0.1, 0.15) is 11.5 Å². The SMILES string of the molecule is CC.CC.CC[C@@H](COc1ccccc1C)[C@@H](CC)COc1ccccc1C. The highest BCUT2D eigenvalue weighted by atomic mass is 16.5. The highest BCUT2D eigenvalue weighted by Gasteiger charge is 2.20. The summed E-state index contributed by atoms with van der Waals surface area (Å²) in [5.74, 6) is 2.98. The number of para-hydroxylation sites is 2. The minimum atomic E-state index is 0.499. The summed E-state index contributed by atoms with van der Waals surface area (Å²) in [4.78, 5) is 0. The molecule has 0 bridgehead atoms. The molecule has 158 valence electrons. The average Bonchev–Trinajstić information content (AvgIpc) is 2.75. The van der Waals surface area contributed by atoms with Crippen molar-refractivity contribution >= 4 is 0 Å². The van der Waals surface area contributed by atoms with Gasteiger partial charge in [-0.2, -0.15) is 0 Å². The third-order valence-corrected chi connectivity index (χ3v) is 4.81. The monoisotopic (exact) mass is 386 g/mol. The average molecular weight is 387 g/mol. The number of benzene rings is 2. The fraction of sp³-hybridized carbons (Fsp3) is 0.538. The highest BCUT2D eigenvalue weighted by Crippen LogP contribution is 2.25. The van der Waals surface area contributed by atoms with Gasteiger partial charge in [0.2, 0.25) is 0 Å². The van der Waals surface area contributed by atoms with Gasteiger partial charge in [0, 0.05) is 0 Å². The molecule has 2 nitrogen and oxygen atoms in total. The Morgan fingerprint density at radius 2 is 0.929 bits per heavy atom. The number of aryl methyl sites for hydroxylation is 2. The molecule has 0 saturated heterocycles. The van der Waals surface area contributed by atoms with Gasteiger partial charge in [-0.05, 0) is 61.8 Å². The zero-order valence-corrected chi connectivity index (χ0v) is 19.4. The molecule has 2 atom stereocenters. The Hall–Kier alpha value is -1.96. The van der Waals surface area contributed by atoms with Crippen LogP contribution in [0.5, 0.6) is 11.5 Å². The number of hydrogen-bond donors (Lipinski definition) is 0. The first-order valence-electron chi connectivity index (χ1n) is 11.0. The lowest BCUT2D eigenvalue weighted by atomic mass is 9.89. The van der Waals surface area contributed by atoms with Crippen LogP contribution in [0.2, 0.25) is 0 Å². The van der Waals surface area contributed by atoms with E-state index < -0.39 is 0 Å². The zero-order chi connectivity index (χ0) is 21.4. The van der Waals surface area contributed by atoms with Gasteiger partial charge in [-0.3, -0.25) is 0 Å². The van der Waals surface area contributed by atoms with E-state index in [2.05, 4.69) is 39.8 Å². The molecule has 0 aliphatic rings. The van der Waals surface area contributed by atoms with Crippen LogP contribution in [0.15, 0.2) is 48.5 Å². The van der Waals surface area contributed by atoms with Crippen LogP contribution >= 0.6 is 0 Å². The molecule has 0 amide bonds. The molecule has 0 saturated carbocycles. The maximum Gasteiger partial charge on any atom is 0.122 e. The molecule has 2 aromatic rings. The van der Waals surface area contributed by atoms with Crippen LogP contribution < -0.4 is 9.47 Å². The first-order chi connectivity index (χ1) is 13.7. The van der Waals surface area contributed by atoms with Crippen molar-refractivity contribution in [1.29, 1.82) is 0 Å². The summed E-state index contributed by atoms with van der Waals surface area (Å²) in [6, 6.07) is 16.4. The fourth-order valence-electron chi connectivity index (χ4n) is 3.00. The summed E-state index contributed by atoms with van der Waals surface area (Å²) in [7, 11) is 0. The normalized spacial score (nSPS) is 11.9. The predicted molar refractivity (Wildman–Crippen MR) is 124 cm³/mol. The molecule has 2 heteroatoms. The van der Waals surface area contributed by atoms with Crippen LogP contribution in [0, 0.1) is 25.7 Å². The van der Waals surface area contributed by atoms with Gasteiger partial charge >= 0.3 is 0 Å². The highest BCUT2D eigenvalue weighted by molar-refractivity contribution is 5.32. The molecule has 0 aliphatic carbocycles. The van der Waals surface area contributed by atoms with E-state index in [1.807, 2.05) is 64.1 Å². The number of ether oxygens (including phenoxy) is 2. The van der Waals surface area contributed by atoms with Gasteiger partial charge in [-0.15, -0.1) is 0 Å². The van der Waals surface area contributed by atoms with Crippen LogP contribution in [0.4, 0.5) is 0 Å². The van der Waals surface area contributed by atoms with Gasteiger partial charge < -0.3 is 9.47 Å². The van der Waals surface area contributed by atoms with E-state index >= 15 is 0 Å². The second-order valence-electron chi connectivity index (χ2n) is 6.49. The van der Waals surface area contributed by atoms with Gasteiger partial charge in [-0.25, -0.2) is 0 Å². The van der Waals surface area contributed by atoms with Crippen LogP contribution in [0.1, 0.15) is 65.5 Å². The lowest BCUT2D eigenvalue weighted by Gasteiger charge is -2.26. The van der Waals surface area contributed by atoms with Crippen molar-refractivity contribution in [2.24, 2.45) is 11.8 Å². The third-order valence-electron chi connectivity index (χ3n) is 4.81. The van der Waals surface area contributed by atoms with E-state index in [4.69, 9.17) is 9.47 Å². The number of hydrogen-bond acceptors (Lipinski definition) is 2. The molecule has 2 rings (SSSR count). The smallest absolute Gasteiger partial charge is 0.122 e. The molecule has 0 radical (unpaired) electrons. The van der Waals surface area contributed by atoms with Crippen molar-refractivity contribution in [2.45, 2.75) is 68.2 Å². The molecule has 0 fully saturated rings. The summed E-state index contributed by atoms with van der Waals surface area (Å²) >= 11 is 0. The van der Waals surface area contributed by atoms with Gasteiger partial charge in [0.15, 0.2) is 0 Å². The van der Waals surface area contributed by atoms with Crippen molar-refractivity contribution in [3.63, 3.8) is 0 Å². The topological polar surface area (TPSA) is 18.5 Å². The molecule has 0 heterocycles. The third kappa shape index (κ3) is 8.82. The summed E-state index contributed by atoms with van der Waals surface area (Å²) < 4.78 is 12.2. The van der Waals surface area contributed by atoms with Crippen LogP contribution in [0.3, 0.4) is 0 Å². The van der Waals surface area contributed by atoms with Crippen molar-refractivity contribution < 1.29 is 9.47 Å². The van der Waals surface area contributed by atoms with E-state index in [0.717, 1.165) is 37.6 Å². The lowest BCUT2D eigenvalue weighted by molar-refractivity contribution is 0.134. The molecule has 0 N–H and O–H groups in total. The van der Waals surface area contributed by atoms with E-state index in [0.29, 0.717) is 11.8 Å². The summed E-state index contributed by atoms with van der Waals surface area (Å²) in [5, 5.41) is 0. The molecule has 2 aromatic carbocycles. The van der Waals surface area contributed by atoms with E-state index in [1.165, 1.54) is 11.1 Å². The van der Waals surface area contributed by atoms with Crippen LogP contribution in [-0.4, -0.2) is 13.2 Å². The molecular weight excluding hydrogens is 344 g/mol. The van der Waals surface area contributed by atoms with E-state index in [1.54, 1.807) is 0 Å². The Morgan fingerprint density at radius 3 is 1.21 bits per heavy atom. The van der Waals surface area contributed by atoms with Crippen molar-refractivity contribution in [1.82, 2.24) is 0 Å². The molecule has 0 spiro atoms. The minimum absolute atomic E-state index is 0.499. The standard InChI is InChI=1S/C22H30O2.2C2H6/c1-5-19(15-23-21-13-9-7-11-17(21)3)20(6-2)16-24-22-14-10-8-12-18(22)4;2*1-2/h7-14,19-20H,5-6,15-16H2,1-4H3;2*1-2H3/t19-,20-;;/m0../s1. The first-order valence-corrected chi connectivity index (χ1v) is 11.0. The summed E-state index contributed by atoms with van der Waals surface area (Å²) in [6.45, 7) is 18.2. The Morgan fingerprint density at radius 1 is 0.607 bits per heavy atom. The maximum absolute atomic E-state index is 6.09. The Labute approximate surface area is 174 Å². The second kappa shape index (κ2) is 16.0. The molecule has 28 heavy (non-hydrogen) atoms.